The first-order valence-corrected chi connectivity index (χ1v) is 12.6. The van der Waals surface area contributed by atoms with Crippen LogP contribution in [0.5, 0.6) is 5.75 Å². The molecule has 3 aromatic carbocycles. The van der Waals surface area contributed by atoms with Gasteiger partial charge >= 0.3 is 0 Å². The van der Waals surface area contributed by atoms with Crippen molar-refractivity contribution in [3.05, 3.63) is 88.0 Å². The predicted octanol–water partition coefficient (Wildman–Crippen LogP) is 7.97. The van der Waals surface area contributed by atoms with Gasteiger partial charge in [-0.25, -0.2) is 22.0 Å². The maximum Gasteiger partial charge on any atom is 0.200 e. The Bertz CT molecular complexity index is 1300. The van der Waals surface area contributed by atoms with Crippen molar-refractivity contribution in [3.8, 4) is 16.9 Å². The van der Waals surface area contributed by atoms with Crippen molar-refractivity contribution in [3.63, 3.8) is 0 Å². The fourth-order valence-electron chi connectivity index (χ4n) is 4.99. The Kier molecular flexibility index (Phi) is 8.67. The highest BCUT2D eigenvalue weighted by Crippen LogP contribution is 2.38. The second-order valence-corrected chi connectivity index (χ2v) is 9.62. The van der Waals surface area contributed by atoms with Crippen LogP contribution >= 0.6 is 0 Å². The van der Waals surface area contributed by atoms with E-state index in [1.807, 2.05) is 6.92 Å². The van der Waals surface area contributed by atoms with Gasteiger partial charge in [0.15, 0.2) is 34.8 Å². The van der Waals surface area contributed by atoms with Crippen LogP contribution in [0.15, 0.2) is 36.4 Å². The molecule has 9 heteroatoms. The first-order chi connectivity index (χ1) is 18.1. The monoisotopic (exact) mass is 538 g/mol. The van der Waals surface area contributed by atoms with Gasteiger partial charge in [0, 0.05) is 22.3 Å². The van der Waals surface area contributed by atoms with E-state index < -0.39 is 57.9 Å². The van der Waals surface area contributed by atoms with E-state index >= 15 is 0 Å². The Hall–Kier alpha value is -3.04. The molecule has 0 aliphatic heterocycles. The third-order valence-electron chi connectivity index (χ3n) is 7.17. The zero-order chi connectivity index (χ0) is 27.6. The molecule has 1 atom stereocenters. The normalized spacial score (nSPS) is 18.5. The number of aliphatic hydroxyl groups is 1. The summed E-state index contributed by atoms with van der Waals surface area (Å²) in [7, 11) is 0. The fourth-order valence-corrected chi connectivity index (χ4v) is 4.99. The largest absolute Gasteiger partial charge is 0.505 e. The molecule has 38 heavy (non-hydrogen) atoms. The van der Waals surface area contributed by atoms with Crippen molar-refractivity contribution in [1.82, 2.24) is 0 Å². The van der Waals surface area contributed by atoms with Crippen molar-refractivity contribution in [2.24, 2.45) is 0 Å². The Morgan fingerprint density at radius 3 is 2.05 bits per heavy atom. The number of halogens is 6. The Morgan fingerprint density at radius 1 is 0.763 bits per heavy atom. The number of ether oxygens (including phenoxy) is 1. The summed E-state index contributed by atoms with van der Waals surface area (Å²) in [6.07, 6.45) is 1.57. The number of phenolic OH excluding ortho intramolecular Hbond substituents is 1. The van der Waals surface area contributed by atoms with Gasteiger partial charge in [-0.05, 0) is 55.7 Å². The molecular formula is C29H28F6O3. The first kappa shape index (κ1) is 28.0. The highest BCUT2D eigenvalue weighted by atomic mass is 19.2. The van der Waals surface area contributed by atoms with E-state index in [0.29, 0.717) is 38.5 Å². The van der Waals surface area contributed by atoms with Crippen LogP contribution in [0, 0.1) is 34.9 Å². The van der Waals surface area contributed by atoms with Gasteiger partial charge in [-0.1, -0.05) is 37.6 Å². The minimum absolute atomic E-state index is 0.0521. The lowest BCUT2D eigenvalue weighted by Crippen LogP contribution is -2.22. The number of hydrogen-bond acceptors (Lipinski definition) is 3. The van der Waals surface area contributed by atoms with Crippen LogP contribution in [-0.2, 0) is 11.3 Å². The minimum Gasteiger partial charge on any atom is -0.505 e. The lowest BCUT2D eigenvalue weighted by molar-refractivity contribution is 0.0116. The van der Waals surface area contributed by atoms with Crippen molar-refractivity contribution in [2.75, 3.05) is 0 Å². The van der Waals surface area contributed by atoms with Crippen LogP contribution in [-0.4, -0.2) is 16.3 Å². The average molecular weight is 539 g/mol. The van der Waals surface area contributed by atoms with Crippen molar-refractivity contribution in [2.45, 2.75) is 70.2 Å². The van der Waals surface area contributed by atoms with E-state index in [9.17, 15) is 36.6 Å². The minimum atomic E-state index is -1.56. The first-order valence-electron chi connectivity index (χ1n) is 12.6. The summed E-state index contributed by atoms with van der Waals surface area (Å²) in [5.41, 5.74) is -0.939. The Morgan fingerprint density at radius 2 is 1.39 bits per heavy atom. The third kappa shape index (κ3) is 5.54. The Balaban J connectivity index is 1.39. The summed E-state index contributed by atoms with van der Waals surface area (Å²) in [4.78, 5) is 0. The number of phenols is 1. The molecule has 0 radical (unpaired) electrons. The predicted molar refractivity (Wildman–Crippen MR) is 129 cm³/mol. The number of aliphatic hydroxyl groups excluding tert-OH is 1. The quantitative estimate of drug-likeness (QED) is 0.286. The maximum atomic E-state index is 14.8. The summed E-state index contributed by atoms with van der Waals surface area (Å²) in [6, 6.07) is 7.08. The number of rotatable bonds is 8. The van der Waals surface area contributed by atoms with Gasteiger partial charge in [-0.15, -0.1) is 0 Å². The lowest BCUT2D eigenvalue weighted by atomic mass is 9.82. The fraction of sp³-hybridized carbons (Fsp3) is 0.379. The zero-order valence-electron chi connectivity index (χ0n) is 20.7. The molecule has 1 aliphatic carbocycles. The summed E-state index contributed by atoms with van der Waals surface area (Å²) < 4.78 is 92.3. The molecule has 0 bridgehead atoms. The van der Waals surface area contributed by atoms with Gasteiger partial charge in [0.2, 0.25) is 5.82 Å². The van der Waals surface area contributed by atoms with Crippen LogP contribution in [0.4, 0.5) is 26.3 Å². The molecule has 4 rings (SSSR count). The highest BCUT2D eigenvalue weighted by Gasteiger charge is 2.28. The summed E-state index contributed by atoms with van der Waals surface area (Å²) in [5.74, 6) is -8.85. The summed E-state index contributed by atoms with van der Waals surface area (Å²) in [5, 5.41) is 19.3. The molecule has 0 aromatic heterocycles. The average Bonchev–Trinajstić information content (AvgIpc) is 2.91. The van der Waals surface area contributed by atoms with Gasteiger partial charge in [0.1, 0.15) is 0 Å². The van der Waals surface area contributed by atoms with Crippen LogP contribution < -0.4 is 0 Å². The van der Waals surface area contributed by atoms with Gasteiger partial charge in [-0.3, -0.25) is 0 Å². The van der Waals surface area contributed by atoms with E-state index in [1.54, 1.807) is 0 Å². The van der Waals surface area contributed by atoms with Crippen molar-refractivity contribution >= 4 is 0 Å². The highest BCUT2D eigenvalue weighted by molar-refractivity contribution is 5.66. The van der Waals surface area contributed by atoms with E-state index in [-0.39, 0.29) is 35.3 Å². The number of benzene rings is 3. The molecular weight excluding hydrogens is 510 g/mol. The molecule has 0 saturated heterocycles. The Labute approximate surface area is 216 Å². The van der Waals surface area contributed by atoms with E-state index in [0.717, 1.165) is 18.2 Å². The van der Waals surface area contributed by atoms with E-state index in [2.05, 4.69) is 0 Å². The third-order valence-corrected chi connectivity index (χ3v) is 7.17. The molecule has 0 heterocycles. The molecule has 3 nitrogen and oxygen atoms in total. The van der Waals surface area contributed by atoms with Crippen LogP contribution in [0.2, 0.25) is 0 Å². The van der Waals surface area contributed by atoms with Crippen LogP contribution in [0.1, 0.15) is 74.2 Å². The van der Waals surface area contributed by atoms with Gasteiger partial charge in [-0.2, -0.15) is 4.39 Å². The SMILES string of the molecule is CCCC(O)c1ccc(C2CCC(OCc3ccc(-c4ccc(O)c(F)c4F)c(F)c3F)CC2)c(F)c1F. The molecule has 3 aromatic rings. The number of hydrogen-bond donors (Lipinski definition) is 2. The second kappa shape index (κ2) is 11.8. The van der Waals surface area contributed by atoms with Crippen LogP contribution in [0.3, 0.4) is 0 Å². The molecule has 1 saturated carbocycles. The molecule has 2 N–H and O–H groups in total. The molecule has 204 valence electrons. The molecule has 0 amide bonds. The van der Waals surface area contributed by atoms with E-state index in [1.165, 1.54) is 18.2 Å². The molecule has 1 unspecified atom stereocenters. The van der Waals surface area contributed by atoms with Gasteiger partial charge in [0.05, 0.1) is 18.8 Å². The summed E-state index contributed by atoms with van der Waals surface area (Å²) >= 11 is 0. The standard InChI is InChI=1S/C29H28F6O3/c1-2-3-22(36)21-11-10-18(25(31)28(21)34)15-4-7-17(8-5-15)38-14-16-6-9-19(26(32)24(16)30)20-12-13-23(37)29(35)27(20)33/h6,9-13,15,17,22,36-37H,2-5,7-8,14H2,1H3. The van der Waals surface area contributed by atoms with Gasteiger partial charge in [0.25, 0.3) is 0 Å². The molecule has 1 fully saturated rings. The van der Waals surface area contributed by atoms with Crippen molar-refractivity contribution in [1.29, 1.82) is 0 Å². The van der Waals surface area contributed by atoms with E-state index in [4.69, 9.17) is 4.74 Å². The summed E-state index contributed by atoms with van der Waals surface area (Å²) in [6.45, 7) is 1.57. The van der Waals surface area contributed by atoms with Crippen molar-refractivity contribution < 1.29 is 41.3 Å². The maximum absolute atomic E-state index is 14.8. The van der Waals surface area contributed by atoms with Gasteiger partial charge < -0.3 is 14.9 Å². The zero-order valence-corrected chi connectivity index (χ0v) is 20.7. The smallest absolute Gasteiger partial charge is 0.200 e. The van der Waals surface area contributed by atoms with Crippen LogP contribution in [0.25, 0.3) is 11.1 Å². The molecule has 0 spiro atoms. The second-order valence-electron chi connectivity index (χ2n) is 9.62. The molecule has 1 aliphatic rings. The topological polar surface area (TPSA) is 49.7 Å². The number of aromatic hydroxyl groups is 1. The lowest BCUT2D eigenvalue weighted by Gasteiger charge is -2.29.